The van der Waals surface area contributed by atoms with Crippen molar-refractivity contribution in [2.45, 2.75) is 0 Å². The molecule has 5 nitrogen and oxygen atoms in total. The molecule has 63 heavy (non-hydrogen) atoms. The zero-order valence-electron chi connectivity index (χ0n) is 59.7. The van der Waals surface area contributed by atoms with Gasteiger partial charge in [0, 0.05) is 47.3 Å². The van der Waals surface area contributed by atoms with Crippen LogP contribution in [-0.2, 0) is 0 Å². The molecular formula is C57H35N5S. The van der Waals surface area contributed by atoms with Crippen LogP contribution in [0, 0.1) is 0 Å². The molecule has 0 unspecified atom stereocenters. The van der Waals surface area contributed by atoms with Crippen molar-refractivity contribution in [2.75, 3.05) is 0 Å². The van der Waals surface area contributed by atoms with Gasteiger partial charge in [0.2, 0.25) is 11.9 Å². The fourth-order valence-electron chi connectivity index (χ4n) is 7.56. The molecule has 0 fully saturated rings. The van der Waals surface area contributed by atoms with Crippen molar-refractivity contribution in [3.63, 3.8) is 0 Å². The first-order valence-electron chi connectivity index (χ1n) is 32.9. The van der Waals surface area contributed by atoms with E-state index >= 15 is 0 Å². The van der Waals surface area contributed by atoms with Gasteiger partial charge in [-0.2, -0.15) is 15.0 Å². The van der Waals surface area contributed by atoms with Crippen molar-refractivity contribution in [1.29, 1.82) is 0 Å². The van der Waals surface area contributed by atoms with E-state index in [1.807, 2.05) is 18.2 Å². The predicted octanol–water partition coefficient (Wildman–Crippen LogP) is 15.1. The van der Waals surface area contributed by atoms with E-state index in [9.17, 15) is 15.1 Å². The maximum absolute atomic E-state index is 10.2. The largest absolute Gasteiger partial charge is 0.278 e. The summed E-state index contributed by atoms with van der Waals surface area (Å²) in [6.07, 6.45) is 0. The minimum atomic E-state index is -0.951. The molecule has 0 spiro atoms. The molecule has 6 heteroatoms. The number of thiophene rings is 1. The SMILES string of the molecule is [2H]c1c([2H])c([2H])c(-c2c([2H])c([2H])c3c4c([2H])c([2H])c([2H])c([2H])c4n(-c4nc(-c5ccc6sc7ccccc7c6c5)nc(-n5c6c([2H])c(-c7c([2H])c([2H])c([2H])c([2H])c7[2H])c([2H])c([2H])c6c6c([2H])c([2H])c(-c7c([2H])c([2H])c([2H])c([2H])c7[2H])c([2H])c65)n4)c3c2[2H])c([2H])c1[2H]. The highest BCUT2D eigenvalue weighted by molar-refractivity contribution is 7.25. The van der Waals surface area contributed by atoms with Crippen molar-refractivity contribution < 1.29 is 38.4 Å². The van der Waals surface area contributed by atoms with Crippen LogP contribution in [-0.4, -0.2) is 24.1 Å². The lowest BCUT2D eigenvalue weighted by Crippen LogP contribution is -2.10. The van der Waals surface area contributed by atoms with E-state index in [0.29, 0.717) is 5.39 Å². The van der Waals surface area contributed by atoms with Crippen LogP contribution in [0.5, 0.6) is 0 Å². The van der Waals surface area contributed by atoms with Crippen LogP contribution in [0.2, 0.25) is 0 Å². The van der Waals surface area contributed by atoms with E-state index in [4.69, 9.17) is 38.3 Å². The molecular weight excluding hydrogens is 787 g/mol. The minimum absolute atomic E-state index is 0.131. The Morgan fingerprint density at radius 1 is 0.349 bits per heavy atom. The Kier molecular flexibility index (Phi) is 3.98. The number of rotatable bonds is 6. The molecule has 13 rings (SSSR count). The molecule has 4 aromatic heterocycles. The molecule has 0 N–H and O–H groups in total. The normalized spacial score (nSPS) is 18.0. The highest BCUT2D eigenvalue weighted by Gasteiger charge is 2.22. The Labute approximate surface area is 405 Å². The van der Waals surface area contributed by atoms with Crippen LogP contribution in [0.4, 0.5) is 0 Å². The lowest BCUT2D eigenvalue weighted by Gasteiger charge is -2.14. The van der Waals surface area contributed by atoms with Crippen LogP contribution >= 0.6 is 11.3 Å². The maximum Gasteiger partial charge on any atom is 0.240 e. The zero-order valence-corrected chi connectivity index (χ0v) is 32.5. The second kappa shape index (κ2) is 14.2. The summed E-state index contributed by atoms with van der Waals surface area (Å²) in [4.78, 5) is 14.7. The topological polar surface area (TPSA) is 48.5 Å². The van der Waals surface area contributed by atoms with Crippen LogP contribution in [0.3, 0.4) is 0 Å². The van der Waals surface area contributed by atoms with Gasteiger partial charge in [0.1, 0.15) is 0 Å². The molecule has 0 saturated carbocycles. The van der Waals surface area contributed by atoms with Gasteiger partial charge in [-0.15, -0.1) is 11.3 Å². The van der Waals surface area contributed by atoms with Gasteiger partial charge in [0.25, 0.3) is 0 Å². The molecule has 0 saturated heterocycles. The quantitative estimate of drug-likeness (QED) is 0.167. The summed E-state index contributed by atoms with van der Waals surface area (Å²) in [6.45, 7) is 0. The molecule has 13 aromatic rings. The Morgan fingerprint density at radius 2 is 0.810 bits per heavy atom. The number of hydrogen-bond acceptors (Lipinski definition) is 4. The Morgan fingerprint density at radius 3 is 1.37 bits per heavy atom. The highest BCUT2D eigenvalue weighted by Crippen LogP contribution is 2.40. The molecule has 0 aliphatic heterocycles. The van der Waals surface area contributed by atoms with Gasteiger partial charge in [-0.05, 0) is 81.8 Å². The minimum Gasteiger partial charge on any atom is -0.278 e. The fourth-order valence-corrected chi connectivity index (χ4v) is 8.65. The lowest BCUT2D eigenvalue weighted by molar-refractivity contribution is 0.893. The summed E-state index contributed by atoms with van der Waals surface area (Å²) in [5.41, 5.74) is -6.89. The van der Waals surface area contributed by atoms with Gasteiger partial charge in [-0.1, -0.05) is 163 Å². The van der Waals surface area contributed by atoms with Crippen molar-refractivity contribution in [3.05, 3.63) is 212 Å². The summed E-state index contributed by atoms with van der Waals surface area (Å²) in [7, 11) is 0. The second-order valence-electron chi connectivity index (χ2n) is 13.9. The zero-order chi connectivity index (χ0) is 65.8. The average Bonchev–Trinajstić information content (AvgIpc) is 1.56. The Hall–Kier alpha value is -8.19. The molecule has 9 aromatic carbocycles. The van der Waals surface area contributed by atoms with Crippen LogP contribution in [0.25, 0.3) is 120 Å². The monoisotopic (exact) mass is 849 g/mol. The number of hydrogen-bond donors (Lipinski definition) is 0. The second-order valence-corrected chi connectivity index (χ2v) is 15.0. The molecule has 4 heterocycles. The predicted molar refractivity (Wildman–Crippen MR) is 263 cm³/mol. The van der Waals surface area contributed by atoms with Crippen molar-refractivity contribution in [1.82, 2.24) is 24.1 Å². The van der Waals surface area contributed by atoms with Gasteiger partial charge in [-0.3, -0.25) is 9.13 Å². The molecule has 0 amide bonds. The molecule has 0 radical (unpaired) electrons. The third-order valence-corrected chi connectivity index (χ3v) is 11.5. The van der Waals surface area contributed by atoms with Gasteiger partial charge in [0.05, 0.1) is 60.4 Å². The molecule has 0 bridgehead atoms. The average molecular weight is 850 g/mol. The first-order chi connectivity index (χ1) is 42.9. The van der Waals surface area contributed by atoms with E-state index in [2.05, 4.69) is 0 Å². The summed E-state index contributed by atoms with van der Waals surface area (Å²) >= 11 is 1.43. The van der Waals surface area contributed by atoms with Gasteiger partial charge < -0.3 is 0 Å². The van der Waals surface area contributed by atoms with Crippen LogP contribution in [0.1, 0.15) is 38.4 Å². The van der Waals surface area contributed by atoms with Crippen LogP contribution < -0.4 is 0 Å². The number of nitrogens with zero attached hydrogens (tertiary/aromatic N) is 5. The van der Waals surface area contributed by atoms with E-state index in [1.54, 1.807) is 24.3 Å². The Balaban J connectivity index is 1.30. The molecule has 294 valence electrons. The molecule has 0 aliphatic rings. The van der Waals surface area contributed by atoms with Crippen LogP contribution in [0.15, 0.2) is 212 Å². The first-order valence-corrected chi connectivity index (χ1v) is 19.7. The van der Waals surface area contributed by atoms with Gasteiger partial charge >= 0.3 is 0 Å². The third-order valence-electron chi connectivity index (χ3n) is 10.3. The smallest absolute Gasteiger partial charge is 0.240 e. The van der Waals surface area contributed by atoms with Crippen molar-refractivity contribution in [2.24, 2.45) is 0 Å². The number of benzene rings is 9. The maximum atomic E-state index is 10.2. The number of fused-ring (bicyclic) bond motifs is 9. The van der Waals surface area contributed by atoms with Crippen molar-refractivity contribution >= 4 is 75.1 Å². The first kappa shape index (κ1) is 17.7. The van der Waals surface area contributed by atoms with Crippen molar-refractivity contribution in [3.8, 4) is 56.7 Å². The lowest BCUT2D eigenvalue weighted by atomic mass is 10.0. The Bertz CT molecular complexity index is 5370. The third kappa shape index (κ3) is 5.80. The van der Waals surface area contributed by atoms with E-state index in [1.165, 1.54) is 11.3 Å². The molecule has 0 aliphatic carbocycles. The van der Waals surface area contributed by atoms with E-state index < -0.39 is 258 Å². The highest BCUT2D eigenvalue weighted by atomic mass is 32.1. The summed E-state index contributed by atoms with van der Waals surface area (Å²) < 4.78 is 258. The number of para-hydroxylation sites is 1. The summed E-state index contributed by atoms with van der Waals surface area (Å²) in [5, 5.41) is -0.782. The number of aromatic nitrogens is 5. The van der Waals surface area contributed by atoms with E-state index in [0.717, 1.165) is 23.9 Å². The van der Waals surface area contributed by atoms with E-state index in [-0.39, 0.29) is 11.4 Å². The fraction of sp³-hybridized carbons (Fsp3) is 0. The summed E-state index contributed by atoms with van der Waals surface area (Å²) in [5.74, 6) is -1.93. The summed E-state index contributed by atoms with van der Waals surface area (Å²) in [6, 6.07) is -12.9. The van der Waals surface area contributed by atoms with Gasteiger partial charge in [0.15, 0.2) is 5.82 Å². The standard InChI is InChI=1S/C57H35N5S/c1-4-14-36(15-5-1)39-24-28-44-43-20-10-12-22-49(43)61(50(44)33-39)56-58-55(42-27-31-54-48(32-42)47-21-11-13-23-53(47)63-54)59-57(60-56)62-51-34-40(37-16-6-2-7-17-37)25-29-45(51)46-30-26-41(35-52(46)62)38-18-8-3-9-19-38/h1-35H/i1D,2D,3D,4D,5D,6D,7D,8D,9D,10D,12D,14D,15D,16D,17D,18D,19D,20D,22D,24D,25D,26D,28D,29D,30D,33D,34D,35D. The van der Waals surface area contributed by atoms with Gasteiger partial charge in [-0.25, -0.2) is 0 Å². The molecule has 0 atom stereocenters.